The van der Waals surface area contributed by atoms with E-state index in [-0.39, 0.29) is 11.5 Å². The molecule has 5 heteroatoms. The zero-order valence-electron chi connectivity index (χ0n) is 8.41. The third kappa shape index (κ3) is 2.98. The lowest BCUT2D eigenvalue weighted by molar-refractivity contribution is 0.0594. The maximum atomic E-state index is 11.3. The number of alkyl halides is 1. The Hall–Kier alpha value is -0.980. The van der Waals surface area contributed by atoms with E-state index in [1.807, 2.05) is 0 Å². The molecule has 0 fully saturated rings. The Kier molecular flexibility index (Phi) is 4.19. The molecule has 1 rings (SSSR count). The Labute approximate surface area is 101 Å². The van der Waals surface area contributed by atoms with Crippen LogP contribution in [0.25, 0.3) is 0 Å². The minimum absolute atomic E-state index is 0.160. The summed E-state index contributed by atoms with van der Waals surface area (Å²) >= 11 is 2.15. The van der Waals surface area contributed by atoms with Crippen LogP contribution in [0.3, 0.4) is 0 Å². The standard InChI is InChI=1S/C10H10INO3/c1-6(13)8-3-7(5-11)4-9(12-8)10(14)15-2/h3-4H,5H2,1-2H3. The molecule has 15 heavy (non-hydrogen) atoms. The number of carbonyl (C=O) groups is 2. The van der Waals surface area contributed by atoms with Gasteiger partial charge in [-0.05, 0) is 17.7 Å². The Bertz CT molecular complexity index is 404. The van der Waals surface area contributed by atoms with E-state index in [2.05, 4.69) is 32.3 Å². The zero-order chi connectivity index (χ0) is 11.4. The van der Waals surface area contributed by atoms with Crippen LogP contribution in [0.4, 0.5) is 0 Å². The molecule has 0 aromatic carbocycles. The van der Waals surface area contributed by atoms with Gasteiger partial charge in [0.2, 0.25) is 0 Å². The van der Waals surface area contributed by atoms with Crippen LogP contribution in [0.5, 0.6) is 0 Å². The molecule has 0 amide bonds. The predicted octanol–water partition coefficient (Wildman–Crippen LogP) is 2.01. The number of rotatable bonds is 3. The second-order valence-corrected chi connectivity index (χ2v) is 3.69. The second kappa shape index (κ2) is 5.20. The molecule has 0 N–H and O–H groups in total. The van der Waals surface area contributed by atoms with Gasteiger partial charge in [0.05, 0.1) is 7.11 Å². The van der Waals surface area contributed by atoms with E-state index in [1.165, 1.54) is 14.0 Å². The van der Waals surface area contributed by atoms with Gasteiger partial charge >= 0.3 is 5.97 Å². The first kappa shape index (κ1) is 12.1. The lowest BCUT2D eigenvalue weighted by Crippen LogP contribution is -2.09. The minimum atomic E-state index is -0.524. The first-order chi connectivity index (χ1) is 7.08. The van der Waals surface area contributed by atoms with Gasteiger partial charge in [0.1, 0.15) is 11.4 Å². The maximum absolute atomic E-state index is 11.3. The summed E-state index contributed by atoms with van der Waals surface area (Å²) in [6, 6.07) is 3.31. The van der Waals surface area contributed by atoms with E-state index < -0.39 is 5.97 Å². The molecular formula is C10H10INO3. The van der Waals surface area contributed by atoms with Crippen molar-refractivity contribution in [3.8, 4) is 0 Å². The fourth-order valence-electron chi connectivity index (χ4n) is 1.05. The second-order valence-electron chi connectivity index (χ2n) is 2.93. The molecule has 0 saturated carbocycles. The third-order valence-electron chi connectivity index (χ3n) is 1.79. The molecule has 1 aromatic rings. The molecule has 0 radical (unpaired) electrons. The first-order valence-electron chi connectivity index (χ1n) is 4.24. The highest BCUT2D eigenvalue weighted by molar-refractivity contribution is 14.1. The van der Waals surface area contributed by atoms with E-state index in [0.29, 0.717) is 10.1 Å². The average molecular weight is 319 g/mol. The summed E-state index contributed by atoms with van der Waals surface area (Å²) in [7, 11) is 1.29. The molecular weight excluding hydrogens is 309 g/mol. The highest BCUT2D eigenvalue weighted by Crippen LogP contribution is 2.11. The van der Waals surface area contributed by atoms with Crippen LogP contribution in [0.2, 0.25) is 0 Å². The number of Topliss-reactive ketones (excluding diaryl/α,β-unsaturated/α-hetero) is 1. The number of carbonyl (C=O) groups excluding carboxylic acids is 2. The summed E-state index contributed by atoms with van der Waals surface area (Å²) in [5.41, 5.74) is 1.36. The number of pyridine rings is 1. The molecule has 0 saturated heterocycles. The van der Waals surface area contributed by atoms with Crippen molar-refractivity contribution in [2.75, 3.05) is 7.11 Å². The Morgan fingerprint density at radius 2 is 2.00 bits per heavy atom. The van der Waals surface area contributed by atoms with Crippen LogP contribution in [-0.4, -0.2) is 23.8 Å². The van der Waals surface area contributed by atoms with Crippen molar-refractivity contribution in [1.82, 2.24) is 4.98 Å². The summed E-state index contributed by atoms with van der Waals surface area (Å²) in [6.07, 6.45) is 0. The molecule has 0 aliphatic rings. The predicted molar refractivity (Wildman–Crippen MR) is 63.3 cm³/mol. The molecule has 4 nitrogen and oxygen atoms in total. The van der Waals surface area contributed by atoms with Gasteiger partial charge in [-0.3, -0.25) is 4.79 Å². The summed E-state index contributed by atoms with van der Waals surface area (Å²) in [6.45, 7) is 1.42. The topological polar surface area (TPSA) is 56.3 Å². The highest BCUT2D eigenvalue weighted by atomic mass is 127. The van der Waals surface area contributed by atoms with Crippen LogP contribution in [-0.2, 0) is 9.16 Å². The van der Waals surface area contributed by atoms with Crippen LogP contribution in [0, 0.1) is 0 Å². The molecule has 0 unspecified atom stereocenters. The summed E-state index contributed by atoms with van der Waals surface area (Å²) in [4.78, 5) is 26.3. The number of ether oxygens (including phenoxy) is 1. The Morgan fingerprint density at radius 1 is 1.40 bits per heavy atom. The molecule has 0 bridgehead atoms. The van der Waals surface area contributed by atoms with Crippen LogP contribution >= 0.6 is 22.6 Å². The summed E-state index contributed by atoms with van der Waals surface area (Å²) in [5, 5.41) is 0. The van der Waals surface area contributed by atoms with E-state index in [4.69, 9.17) is 0 Å². The van der Waals surface area contributed by atoms with E-state index in [9.17, 15) is 9.59 Å². The van der Waals surface area contributed by atoms with Gasteiger partial charge in [-0.15, -0.1) is 0 Å². The van der Waals surface area contributed by atoms with Gasteiger partial charge in [0, 0.05) is 11.4 Å². The van der Waals surface area contributed by atoms with Crippen molar-refractivity contribution >= 4 is 34.3 Å². The number of halogens is 1. The summed E-state index contributed by atoms with van der Waals surface area (Å²) < 4.78 is 5.27. The molecule has 1 aromatic heterocycles. The first-order valence-corrected chi connectivity index (χ1v) is 5.77. The SMILES string of the molecule is COC(=O)c1cc(CI)cc(C(C)=O)n1. The maximum Gasteiger partial charge on any atom is 0.356 e. The van der Waals surface area contributed by atoms with E-state index in [0.717, 1.165) is 5.56 Å². The van der Waals surface area contributed by atoms with Gasteiger partial charge in [0.25, 0.3) is 0 Å². The van der Waals surface area contributed by atoms with Gasteiger partial charge in [0.15, 0.2) is 5.78 Å². The zero-order valence-corrected chi connectivity index (χ0v) is 10.6. The van der Waals surface area contributed by atoms with Gasteiger partial charge in [-0.25, -0.2) is 9.78 Å². The van der Waals surface area contributed by atoms with Crippen molar-refractivity contribution in [3.63, 3.8) is 0 Å². The smallest absolute Gasteiger partial charge is 0.356 e. The van der Waals surface area contributed by atoms with Crippen molar-refractivity contribution < 1.29 is 14.3 Å². The quantitative estimate of drug-likeness (QED) is 0.370. The fourth-order valence-corrected chi connectivity index (χ4v) is 1.49. The number of methoxy groups -OCH3 is 1. The van der Waals surface area contributed by atoms with Gasteiger partial charge in [-0.2, -0.15) is 0 Å². The van der Waals surface area contributed by atoms with Crippen molar-refractivity contribution in [2.45, 2.75) is 11.4 Å². The molecule has 0 aliphatic carbocycles. The van der Waals surface area contributed by atoms with Crippen molar-refractivity contribution in [3.05, 3.63) is 29.1 Å². The lowest BCUT2D eigenvalue weighted by Gasteiger charge is -2.03. The van der Waals surface area contributed by atoms with Crippen molar-refractivity contribution in [1.29, 1.82) is 0 Å². The van der Waals surface area contributed by atoms with E-state index >= 15 is 0 Å². The molecule has 80 valence electrons. The Morgan fingerprint density at radius 3 is 2.47 bits per heavy atom. The fraction of sp³-hybridized carbons (Fsp3) is 0.300. The molecule has 0 spiro atoms. The number of hydrogen-bond acceptors (Lipinski definition) is 4. The van der Waals surface area contributed by atoms with E-state index in [1.54, 1.807) is 12.1 Å². The number of ketones is 1. The summed E-state index contributed by atoms with van der Waals surface area (Å²) in [5.74, 6) is -0.684. The average Bonchev–Trinajstić information content (AvgIpc) is 2.27. The molecule has 0 aliphatic heterocycles. The normalized spacial score (nSPS) is 9.80. The van der Waals surface area contributed by atoms with Gasteiger partial charge in [-0.1, -0.05) is 22.6 Å². The minimum Gasteiger partial charge on any atom is -0.464 e. The van der Waals surface area contributed by atoms with Gasteiger partial charge < -0.3 is 4.74 Å². The van der Waals surface area contributed by atoms with Crippen molar-refractivity contribution in [2.24, 2.45) is 0 Å². The largest absolute Gasteiger partial charge is 0.464 e. The lowest BCUT2D eigenvalue weighted by atomic mass is 10.2. The number of aromatic nitrogens is 1. The number of nitrogens with zero attached hydrogens (tertiary/aromatic N) is 1. The monoisotopic (exact) mass is 319 g/mol. The number of esters is 1. The Balaban J connectivity index is 3.23. The van der Waals surface area contributed by atoms with Crippen LogP contribution in [0.15, 0.2) is 12.1 Å². The third-order valence-corrected chi connectivity index (χ3v) is 2.68. The molecule has 0 atom stereocenters. The number of hydrogen-bond donors (Lipinski definition) is 0. The highest BCUT2D eigenvalue weighted by Gasteiger charge is 2.12. The molecule has 1 heterocycles. The van der Waals surface area contributed by atoms with Crippen LogP contribution in [0.1, 0.15) is 33.5 Å². The van der Waals surface area contributed by atoms with Crippen LogP contribution < -0.4 is 0 Å².